The lowest BCUT2D eigenvalue weighted by Crippen LogP contribution is -2.47. The Hall–Kier alpha value is -2.70. The van der Waals surface area contributed by atoms with Gasteiger partial charge in [-0.2, -0.15) is 0 Å². The van der Waals surface area contributed by atoms with Gasteiger partial charge in [0.2, 0.25) is 5.91 Å². The van der Waals surface area contributed by atoms with Crippen molar-refractivity contribution in [2.45, 2.75) is 13.0 Å². The van der Waals surface area contributed by atoms with Crippen LogP contribution in [-0.4, -0.2) is 53.1 Å². The molecule has 0 spiro atoms. The van der Waals surface area contributed by atoms with Crippen LogP contribution < -0.4 is 5.32 Å². The smallest absolute Gasteiger partial charge is 0.241 e. The first-order valence-electron chi connectivity index (χ1n) is 8.88. The van der Waals surface area contributed by atoms with Crippen LogP contribution in [0.1, 0.15) is 6.92 Å². The fourth-order valence-corrected chi connectivity index (χ4v) is 3.18. The van der Waals surface area contributed by atoms with Crippen LogP contribution in [0.25, 0.3) is 22.4 Å². The number of nitrogens with one attached hydrogen (secondary N) is 2. The van der Waals surface area contributed by atoms with E-state index in [9.17, 15) is 4.79 Å². The summed E-state index contributed by atoms with van der Waals surface area (Å²) in [4.78, 5) is 22.5. The maximum absolute atomic E-state index is 12.5. The van der Waals surface area contributed by atoms with E-state index in [-0.39, 0.29) is 11.9 Å². The number of imidazole rings is 1. The molecule has 0 bridgehead atoms. The van der Waals surface area contributed by atoms with Gasteiger partial charge in [0.05, 0.1) is 30.3 Å². The summed E-state index contributed by atoms with van der Waals surface area (Å²) in [7, 11) is 0. The average molecular weight is 350 g/mol. The van der Waals surface area contributed by atoms with E-state index in [0.717, 1.165) is 41.2 Å². The van der Waals surface area contributed by atoms with E-state index in [1.165, 1.54) is 0 Å². The number of carbonyl (C=O) groups is 1. The summed E-state index contributed by atoms with van der Waals surface area (Å²) in [5, 5.41) is 2.99. The SMILES string of the molecule is C[C@@H](C(=O)Nc1ccc(-c2nc3ccccc3[nH]2)cc1)N1CCOCC1. The lowest BCUT2D eigenvalue weighted by molar-refractivity contribution is -0.122. The number of carbonyl (C=O) groups excluding carboxylic acids is 1. The third-order valence-corrected chi connectivity index (χ3v) is 4.79. The Balaban J connectivity index is 1.44. The van der Waals surface area contributed by atoms with Crippen molar-refractivity contribution >= 4 is 22.6 Å². The molecule has 2 heterocycles. The van der Waals surface area contributed by atoms with Crippen molar-refractivity contribution in [3.63, 3.8) is 0 Å². The fraction of sp³-hybridized carbons (Fsp3) is 0.300. The summed E-state index contributed by atoms with van der Waals surface area (Å²) < 4.78 is 5.34. The van der Waals surface area contributed by atoms with Gasteiger partial charge in [0.25, 0.3) is 0 Å². The lowest BCUT2D eigenvalue weighted by atomic mass is 10.2. The number of nitrogens with zero attached hydrogens (tertiary/aromatic N) is 2. The van der Waals surface area contributed by atoms with Crippen LogP contribution in [0.15, 0.2) is 48.5 Å². The quantitative estimate of drug-likeness (QED) is 0.759. The molecule has 26 heavy (non-hydrogen) atoms. The normalized spacial score (nSPS) is 16.5. The van der Waals surface area contributed by atoms with Crippen LogP contribution in [0.3, 0.4) is 0 Å². The molecular formula is C20H22N4O2. The summed E-state index contributed by atoms with van der Waals surface area (Å²) >= 11 is 0. The molecule has 1 aliphatic rings. The van der Waals surface area contributed by atoms with Crippen molar-refractivity contribution in [1.82, 2.24) is 14.9 Å². The minimum absolute atomic E-state index is 0.00314. The molecule has 0 aliphatic carbocycles. The molecule has 1 atom stereocenters. The van der Waals surface area contributed by atoms with E-state index in [0.29, 0.717) is 13.2 Å². The monoisotopic (exact) mass is 350 g/mol. The molecule has 0 saturated carbocycles. The summed E-state index contributed by atoms with van der Waals surface area (Å²) in [6, 6.07) is 15.5. The number of hydrogen-bond acceptors (Lipinski definition) is 4. The maximum atomic E-state index is 12.5. The van der Waals surface area contributed by atoms with Gasteiger partial charge in [-0.25, -0.2) is 4.98 Å². The highest BCUT2D eigenvalue weighted by Crippen LogP contribution is 2.22. The molecule has 1 saturated heterocycles. The zero-order valence-corrected chi connectivity index (χ0v) is 14.7. The van der Waals surface area contributed by atoms with Crippen LogP contribution in [0.5, 0.6) is 0 Å². The van der Waals surface area contributed by atoms with Gasteiger partial charge in [-0.1, -0.05) is 12.1 Å². The third kappa shape index (κ3) is 3.47. The van der Waals surface area contributed by atoms with Gasteiger partial charge in [-0.05, 0) is 43.3 Å². The third-order valence-electron chi connectivity index (χ3n) is 4.79. The Kier molecular flexibility index (Phi) is 4.69. The molecule has 2 aromatic carbocycles. The van der Waals surface area contributed by atoms with E-state index >= 15 is 0 Å². The maximum Gasteiger partial charge on any atom is 0.241 e. The van der Waals surface area contributed by atoms with Gasteiger partial charge in [-0.15, -0.1) is 0 Å². The fourth-order valence-electron chi connectivity index (χ4n) is 3.18. The van der Waals surface area contributed by atoms with Crippen molar-refractivity contribution in [3.05, 3.63) is 48.5 Å². The standard InChI is InChI=1S/C20H22N4O2/c1-14(24-10-12-26-13-11-24)20(25)21-16-8-6-15(7-9-16)19-22-17-4-2-3-5-18(17)23-19/h2-9,14H,10-13H2,1H3,(H,21,25)(H,22,23)/t14-/m0/s1. The minimum Gasteiger partial charge on any atom is -0.379 e. The number of para-hydroxylation sites is 2. The Morgan fingerprint density at radius 3 is 2.62 bits per heavy atom. The predicted octanol–water partition coefficient (Wildman–Crippen LogP) is 2.89. The number of amides is 1. The van der Waals surface area contributed by atoms with Crippen LogP contribution in [-0.2, 0) is 9.53 Å². The molecule has 3 aromatic rings. The zero-order chi connectivity index (χ0) is 17.9. The molecule has 1 fully saturated rings. The Labute approximate surface area is 152 Å². The summed E-state index contributed by atoms with van der Waals surface area (Å²) in [6.45, 7) is 4.89. The van der Waals surface area contributed by atoms with E-state index in [2.05, 4.69) is 20.2 Å². The van der Waals surface area contributed by atoms with Crippen molar-refractivity contribution in [2.24, 2.45) is 0 Å². The second-order valence-corrected chi connectivity index (χ2v) is 6.49. The predicted molar refractivity (Wildman–Crippen MR) is 102 cm³/mol. The molecule has 1 amide bonds. The van der Waals surface area contributed by atoms with Crippen molar-refractivity contribution < 1.29 is 9.53 Å². The van der Waals surface area contributed by atoms with Crippen molar-refractivity contribution in [2.75, 3.05) is 31.6 Å². The molecule has 1 aromatic heterocycles. The van der Waals surface area contributed by atoms with E-state index in [1.807, 2.05) is 55.5 Å². The van der Waals surface area contributed by atoms with Gasteiger partial charge in [-0.3, -0.25) is 9.69 Å². The topological polar surface area (TPSA) is 70.2 Å². The molecule has 0 unspecified atom stereocenters. The van der Waals surface area contributed by atoms with Crippen LogP contribution >= 0.6 is 0 Å². The van der Waals surface area contributed by atoms with E-state index < -0.39 is 0 Å². The van der Waals surface area contributed by atoms with E-state index in [4.69, 9.17) is 4.74 Å². The summed E-state index contributed by atoms with van der Waals surface area (Å²) in [5.74, 6) is 0.828. The molecule has 6 nitrogen and oxygen atoms in total. The number of hydrogen-bond donors (Lipinski definition) is 2. The van der Waals surface area contributed by atoms with Gasteiger partial charge < -0.3 is 15.0 Å². The first-order chi connectivity index (χ1) is 12.7. The molecule has 6 heteroatoms. The number of anilines is 1. The largest absolute Gasteiger partial charge is 0.379 e. The molecule has 0 radical (unpaired) electrons. The number of H-pyrrole nitrogens is 1. The van der Waals surface area contributed by atoms with Gasteiger partial charge in [0.15, 0.2) is 0 Å². The number of benzene rings is 2. The van der Waals surface area contributed by atoms with Crippen molar-refractivity contribution in [3.8, 4) is 11.4 Å². The number of fused-ring (bicyclic) bond motifs is 1. The highest BCUT2D eigenvalue weighted by molar-refractivity contribution is 5.94. The summed E-state index contributed by atoms with van der Waals surface area (Å²) in [5.41, 5.74) is 3.73. The Morgan fingerprint density at radius 1 is 1.15 bits per heavy atom. The van der Waals surface area contributed by atoms with Crippen molar-refractivity contribution in [1.29, 1.82) is 0 Å². The first kappa shape index (κ1) is 16.8. The van der Waals surface area contributed by atoms with Gasteiger partial charge in [0.1, 0.15) is 5.82 Å². The second-order valence-electron chi connectivity index (χ2n) is 6.49. The molecular weight excluding hydrogens is 328 g/mol. The van der Waals surface area contributed by atoms with Crippen LogP contribution in [0.2, 0.25) is 0 Å². The molecule has 1 aliphatic heterocycles. The second kappa shape index (κ2) is 7.27. The number of aromatic nitrogens is 2. The van der Waals surface area contributed by atoms with Gasteiger partial charge in [0, 0.05) is 24.3 Å². The summed E-state index contributed by atoms with van der Waals surface area (Å²) in [6.07, 6.45) is 0. The number of aromatic amines is 1. The van der Waals surface area contributed by atoms with Crippen LogP contribution in [0, 0.1) is 0 Å². The highest BCUT2D eigenvalue weighted by Gasteiger charge is 2.23. The highest BCUT2D eigenvalue weighted by atomic mass is 16.5. The molecule has 134 valence electrons. The van der Waals surface area contributed by atoms with Crippen LogP contribution in [0.4, 0.5) is 5.69 Å². The number of rotatable bonds is 4. The van der Waals surface area contributed by atoms with E-state index in [1.54, 1.807) is 0 Å². The molecule has 4 rings (SSSR count). The first-order valence-corrected chi connectivity index (χ1v) is 8.88. The zero-order valence-electron chi connectivity index (χ0n) is 14.7. The average Bonchev–Trinajstić information content (AvgIpc) is 3.13. The Morgan fingerprint density at radius 2 is 1.88 bits per heavy atom. The number of morpholine rings is 1. The molecule has 2 N–H and O–H groups in total. The van der Waals surface area contributed by atoms with Gasteiger partial charge >= 0.3 is 0 Å². The minimum atomic E-state index is -0.172. The lowest BCUT2D eigenvalue weighted by Gasteiger charge is -2.31. The number of ether oxygens (including phenoxy) is 1. The Bertz CT molecular complexity index is 865.